The van der Waals surface area contributed by atoms with Gasteiger partial charge in [-0.05, 0) is 70.6 Å². The average Bonchev–Trinajstić information content (AvgIpc) is 3.34. The van der Waals surface area contributed by atoms with Crippen molar-refractivity contribution in [2.75, 3.05) is 47.5 Å². The number of carboxylic acid groups (broad SMARTS) is 1. The number of unbranched alkanes of at least 4 members (excludes halogenated alkanes) is 35. The van der Waals surface area contributed by atoms with Gasteiger partial charge in [-0.1, -0.05) is 237 Å². The lowest BCUT2D eigenvalue weighted by Crippen LogP contribution is -2.40. The topological polar surface area (TPSA) is 108 Å². The Bertz CT molecular complexity index is 1260. The Labute approximate surface area is 439 Å². The molecule has 0 rings (SSSR count). The number of aliphatic carboxylic acids is 1. The Balaban J connectivity index is 4.18. The van der Waals surface area contributed by atoms with Gasteiger partial charge in [0.2, 0.25) is 0 Å². The molecule has 0 aromatic rings. The molecule has 0 bridgehead atoms. The number of carbonyl (C=O) groups is 3. The van der Waals surface area contributed by atoms with Crippen LogP contribution >= 0.6 is 0 Å². The van der Waals surface area contributed by atoms with Gasteiger partial charge in [0.05, 0.1) is 34.4 Å². The van der Waals surface area contributed by atoms with Crippen molar-refractivity contribution in [3.63, 3.8) is 0 Å². The zero-order chi connectivity index (χ0) is 52.0. The fourth-order valence-corrected chi connectivity index (χ4v) is 8.69. The summed E-state index contributed by atoms with van der Waals surface area (Å²) in [6.07, 6.45) is 62.2. The van der Waals surface area contributed by atoms with Gasteiger partial charge in [-0.3, -0.25) is 9.59 Å². The molecule has 0 heterocycles. The highest BCUT2D eigenvalue weighted by molar-refractivity contribution is 5.71. The van der Waals surface area contributed by atoms with Crippen molar-refractivity contribution in [3.05, 3.63) is 36.5 Å². The van der Waals surface area contributed by atoms with Crippen LogP contribution in [0.5, 0.6) is 0 Å². The van der Waals surface area contributed by atoms with E-state index in [1.807, 2.05) is 21.1 Å². The molecule has 0 saturated heterocycles. The number of quaternary nitrogens is 1. The molecule has 2 atom stereocenters. The van der Waals surface area contributed by atoms with Crippen LogP contribution in [0, 0.1) is 0 Å². The van der Waals surface area contributed by atoms with Crippen LogP contribution < -0.4 is 0 Å². The number of nitrogens with zero attached hydrogens (tertiary/aromatic N) is 1. The minimum atomic E-state index is -1.51. The summed E-state index contributed by atoms with van der Waals surface area (Å²) in [5.41, 5.74) is 0. The first-order valence-electron chi connectivity index (χ1n) is 30.2. The number of ether oxygens (including phenoxy) is 4. The number of hydrogen-bond donors (Lipinski definition) is 1. The van der Waals surface area contributed by atoms with Gasteiger partial charge in [-0.2, -0.15) is 0 Å². The van der Waals surface area contributed by atoms with E-state index in [-0.39, 0.29) is 32.2 Å². The van der Waals surface area contributed by atoms with Crippen LogP contribution in [0.1, 0.15) is 284 Å². The lowest BCUT2D eigenvalue weighted by molar-refractivity contribution is -0.870. The number of likely N-dealkylation sites (N-methyl/N-ethyl adjacent to an activating group) is 1. The Morgan fingerprint density at radius 2 is 0.761 bits per heavy atom. The molecule has 0 amide bonds. The fourth-order valence-electron chi connectivity index (χ4n) is 8.69. The summed E-state index contributed by atoms with van der Waals surface area (Å²) in [7, 11) is 5.98. The highest BCUT2D eigenvalue weighted by atomic mass is 16.7. The molecule has 9 heteroatoms. The molecule has 0 radical (unpaired) electrons. The van der Waals surface area contributed by atoms with E-state index in [1.165, 1.54) is 212 Å². The van der Waals surface area contributed by atoms with Crippen LogP contribution in [0.3, 0.4) is 0 Å². The molecule has 0 aliphatic rings. The molecule has 9 nitrogen and oxygen atoms in total. The number of allylic oxidation sites excluding steroid dienone is 6. The van der Waals surface area contributed by atoms with Gasteiger partial charge in [0.25, 0.3) is 6.29 Å². The lowest BCUT2D eigenvalue weighted by atomic mass is 10.0. The third kappa shape index (κ3) is 55.1. The number of rotatable bonds is 56. The molecular formula is C62H116NO8+. The van der Waals surface area contributed by atoms with Crippen LogP contribution in [-0.2, 0) is 33.3 Å². The number of carboxylic acids is 1. The van der Waals surface area contributed by atoms with E-state index in [2.05, 4.69) is 50.3 Å². The van der Waals surface area contributed by atoms with Gasteiger partial charge in [-0.25, -0.2) is 4.79 Å². The lowest BCUT2D eigenvalue weighted by Gasteiger charge is -2.25. The Morgan fingerprint density at radius 1 is 0.423 bits per heavy atom. The van der Waals surface area contributed by atoms with Crippen LogP contribution in [0.25, 0.3) is 0 Å². The Hall–Kier alpha value is -2.49. The van der Waals surface area contributed by atoms with Crippen molar-refractivity contribution in [2.45, 2.75) is 296 Å². The summed E-state index contributed by atoms with van der Waals surface area (Å²) in [6.45, 7) is 4.90. The summed E-state index contributed by atoms with van der Waals surface area (Å²) in [4.78, 5) is 37.4. The molecule has 416 valence electrons. The molecule has 0 aliphatic heterocycles. The van der Waals surface area contributed by atoms with Gasteiger partial charge in [0.15, 0.2) is 6.10 Å². The minimum absolute atomic E-state index is 0.180. The van der Waals surface area contributed by atoms with E-state index < -0.39 is 24.3 Å². The third-order valence-electron chi connectivity index (χ3n) is 13.4. The maximum absolute atomic E-state index is 12.9. The van der Waals surface area contributed by atoms with Crippen molar-refractivity contribution in [1.29, 1.82) is 0 Å². The smallest absolute Gasteiger partial charge is 0.361 e. The van der Waals surface area contributed by atoms with E-state index in [0.29, 0.717) is 17.4 Å². The van der Waals surface area contributed by atoms with Crippen LogP contribution in [-0.4, -0.2) is 87.4 Å². The zero-order valence-electron chi connectivity index (χ0n) is 47.4. The molecular weight excluding hydrogens is 887 g/mol. The minimum Gasteiger partial charge on any atom is -0.477 e. The quantitative estimate of drug-likeness (QED) is 0.0211. The highest BCUT2D eigenvalue weighted by Crippen LogP contribution is 2.17. The Kier molecular flexibility index (Phi) is 51.9. The summed E-state index contributed by atoms with van der Waals surface area (Å²) in [5, 5.41) is 9.71. The fraction of sp³-hybridized carbons (Fsp3) is 0.855. The van der Waals surface area contributed by atoms with Crippen molar-refractivity contribution >= 4 is 17.9 Å². The van der Waals surface area contributed by atoms with Crippen LogP contribution in [0.15, 0.2) is 36.5 Å². The van der Waals surface area contributed by atoms with Crippen LogP contribution in [0.4, 0.5) is 0 Å². The molecule has 0 spiro atoms. The molecule has 0 fully saturated rings. The number of hydrogen-bond acceptors (Lipinski definition) is 7. The monoisotopic (exact) mass is 1000 g/mol. The van der Waals surface area contributed by atoms with Gasteiger partial charge in [-0.15, -0.1) is 0 Å². The first-order valence-corrected chi connectivity index (χ1v) is 30.2. The predicted molar refractivity (Wildman–Crippen MR) is 300 cm³/mol. The SMILES string of the molecule is CCCCCCC/C=C\C/C=C\CCCCCCCCCCCCCCCCCC(=O)OC(COC(=O)CCCCCCCCCCC/C=C\CCCCCCCC)COC(OCC[N+](C)(C)C)C(=O)O. The normalized spacial score (nSPS) is 13.0. The first-order chi connectivity index (χ1) is 34.6. The largest absolute Gasteiger partial charge is 0.477 e. The summed E-state index contributed by atoms with van der Waals surface area (Å²) < 4.78 is 22.9. The molecule has 1 N–H and O–H groups in total. The maximum Gasteiger partial charge on any atom is 0.361 e. The van der Waals surface area contributed by atoms with Gasteiger partial charge in [0.1, 0.15) is 13.2 Å². The molecule has 0 aromatic heterocycles. The highest BCUT2D eigenvalue weighted by Gasteiger charge is 2.25. The van der Waals surface area contributed by atoms with Crippen LogP contribution in [0.2, 0.25) is 0 Å². The summed E-state index contributed by atoms with van der Waals surface area (Å²) >= 11 is 0. The Morgan fingerprint density at radius 3 is 1.13 bits per heavy atom. The van der Waals surface area contributed by atoms with E-state index in [9.17, 15) is 19.5 Å². The van der Waals surface area contributed by atoms with Crippen molar-refractivity contribution < 1.29 is 42.9 Å². The van der Waals surface area contributed by atoms with Gasteiger partial charge in [0, 0.05) is 12.8 Å². The van der Waals surface area contributed by atoms with E-state index in [4.69, 9.17) is 18.9 Å². The summed E-state index contributed by atoms with van der Waals surface area (Å²) in [5.74, 6) is -1.99. The van der Waals surface area contributed by atoms with Crippen molar-refractivity contribution in [3.8, 4) is 0 Å². The maximum atomic E-state index is 12.9. The summed E-state index contributed by atoms with van der Waals surface area (Å²) in [6, 6.07) is 0. The van der Waals surface area contributed by atoms with Crippen molar-refractivity contribution in [1.82, 2.24) is 0 Å². The molecule has 0 aromatic carbocycles. The third-order valence-corrected chi connectivity index (χ3v) is 13.4. The van der Waals surface area contributed by atoms with E-state index >= 15 is 0 Å². The molecule has 0 aliphatic carbocycles. The number of carbonyl (C=O) groups excluding carboxylic acids is 2. The molecule has 0 saturated carbocycles. The standard InChI is InChI=1S/C62H115NO8/c1-6-8-10-12-14-16-18-20-22-24-26-27-28-29-30-31-32-33-35-37-39-41-43-45-47-49-51-53-60(65)71-58(57-70-62(61(66)67)68-55-54-63(3,4)5)56-69-59(64)52-50-48-46-44-42-40-38-36-34-25-23-21-19-17-15-13-11-9-7-2/h18,20-21,23-24,26,58,62H,6-17,19,22,25,27-57H2,1-5H3/p+1/b20-18-,23-21-,26-24-. The molecule has 71 heavy (non-hydrogen) atoms. The number of esters is 2. The first kappa shape index (κ1) is 68.5. The van der Waals surface area contributed by atoms with Gasteiger partial charge < -0.3 is 28.5 Å². The second-order valence-corrected chi connectivity index (χ2v) is 21.7. The average molecular weight is 1000 g/mol. The zero-order valence-corrected chi connectivity index (χ0v) is 47.4. The second kappa shape index (κ2) is 53.8. The van der Waals surface area contributed by atoms with Crippen molar-refractivity contribution in [2.24, 2.45) is 0 Å². The van der Waals surface area contributed by atoms with E-state index in [0.717, 1.165) is 44.9 Å². The predicted octanol–water partition coefficient (Wildman–Crippen LogP) is 17.7. The molecule has 2 unspecified atom stereocenters. The van der Waals surface area contributed by atoms with E-state index in [1.54, 1.807) is 0 Å². The van der Waals surface area contributed by atoms with Gasteiger partial charge >= 0.3 is 17.9 Å². The second-order valence-electron chi connectivity index (χ2n) is 21.7.